The molecule has 120 valence electrons. The molecule has 3 atom stereocenters. The maximum atomic E-state index is 6.35. The zero-order valence-electron chi connectivity index (χ0n) is 13.7. The Morgan fingerprint density at radius 2 is 1.75 bits per heavy atom. The van der Waals surface area contributed by atoms with Crippen LogP contribution in [0, 0.1) is 0 Å². The van der Waals surface area contributed by atoms with E-state index in [0.29, 0.717) is 5.25 Å². The van der Waals surface area contributed by atoms with Gasteiger partial charge in [0.05, 0.1) is 6.10 Å². The first-order valence-electron chi connectivity index (χ1n) is 7.65. The molecule has 0 aliphatic carbocycles. The maximum absolute atomic E-state index is 6.35. The fourth-order valence-electron chi connectivity index (χ4n) is 2.44. The van der Waals surface area contributed by atoms with Crippen molar-refractivity contribution in [3.8, 4) is 0 Å². The van der Waals surface area contributed by atoms with Crippen molar-refractivity contribution in [2.75, 3.05) is 20.2 Å². The van der Waals surface area contributed by atoms with E-state index < -0.39 is 8.53 Å². The summed E-state index contributed by atoms with van der Waals surface area (Å²) in [5, 5.41) is 0.537. The predicted octanol–water partition coefficient (Wildman–Crippen LogP) is 5.32. The molecule has 0 saturated carbocycles. The van der Waals surface area contributed by atoms with Crippen molar-refractivity contribution in [3.63, 3.8) is 0 Å². The van der Waals surface area contributed by atoms with Gasteiger partial charge < -0.3 is 9.05 Å². The zero-order valence-corrected chi connectivity index (χ0v) is 16.2. The fraction of sp³-hybridized carbons (Fsp3) is 1.00. The molecule has 2 heterocycles. The number of hydrogen-bond donors (Lipinski definition) is 0. The topological polar surface area (TPSA) is 21.7 Å². The molecule has 0 amide bonds. The van der Waals surface area contributed by atoms with Gasteiger partial charge >= 0.3 is 0 Å². The summed E-state index contributed by atoms with van der Waals surface area (Å²) < 4.78 is 14.6. The van der Waals surface area contributed by atoms with E-state index in [0.717, 1.165) is 13.1 Å². The first kappa shape index (κ1) is 19.1. The van der Waals surface area contributed by atoms with Crippen molar-refractivity contribution in [2.45, 2.75) is 70.0 Å². The summed E-state index contributed by atoms with van der Waals surface area (Å²) in [5.74, 6) is 0. The molecular formula is C14H30NO2PS2. The number of piperidine rings is 1. The molecule has 2 aliphatic rings. The Morgan fingerprint density at radius 3 is 2.20 bits per heavy atom. The smallest absolute Gasteiger partial charge is 0.258 e. The summed E-state index contributed by atoms with van der Waals surface area (Å²) in [6.07, 6.45) is 4.18. The van der Waals surface area contributed by atoms with Gasteiger partial charge in [0.1, 0.15) is 0 Å². The minimum atomic E-state index is -0.866. The van der Waals surface area contributed by atoms with E-state index in [4.69, 9.17) is 9.05 Å². The van der Waals surface area contributed by atoms with Crippen LogP contribution in [0.1, 0.15) is 53.9 Å². The molecule has 0 aromatic rings. The van der Waals surface area contributed by atoms with E-state index >= 15 is 0 Å². The lowest BCUT2D eigenvalue weighted by molar-refractivity contribution is 0.137. The quantitative estimate of drug-likeness (QED) is 0.509. The highest BCUT2D eigenvalue weighted by Gasteiger charge is 2.45. The highest BCUT2D eigenvalue weighted by Crippen LogP contribution is 2.57. The highest BCUT2D eigenvalue weighted by atomic mass is 33.1. The third-order valence-electron chi connectivity index (χ3n) is 3.45. The second-order valence-corrected chi connectivity index (χ2v) is 10.3. The lowest BCUT2D eigenvalue weighted by atomic mass is 10.0. The molecule has 2 saturated heterocycles. The second kappa shape index (κ2) is 9.22. The van der Waals surface area contributed by atoms with Gasteiger partial charge in [-0.15, -0.1) is 0 Å². The van der Waals surface area contributed by atoms with E-state index in [1.807, 2.05) is 35.4 Å². The molecule has 2 rings (SSSR count). The van der Waals surface area contributed by atoms with Crippen molar-refractivity contribution >= 4 is 30.1 Å². The molecule has 6 heteroatoms. The van der Waals surface area contributed by atoms with Crippen LogP contribution in [0.25, 0.3) is 0 Å². The molecule has 0 aromatic carbocycles. The molecule has 2 aliphatic heterocycles. The molecule has 0 aromatic heterocycles. The molecule has 3 nitrogen and oxygen atoms in total. The van der Waals surface area contributed by atoms with Gasteiger partial charge in [0.15, 0.2) is 0 Å². The van der Waals surface area contributed by atoms with Gasteiger partial charge in [0.2, 0.25) is 0 Å². The van der Waals surface area contributed by atoms with Crippen molar-refractivity contribution in [1.29, 1.82) is 0 Å². The lowest BCUT2D eigenvalue weighted by Crippen LogP contribution is -2.37. The maximum Gasteiger partial charge on any atom is 0.258 e. The Hall–Kier alpha value is 1.01. The monoisotopic (exact) mass is 339 g/mol. The molecule has 0 spiro atoms. The first-order chi connectivity index (χ1) is 9.54. The van der Waals surface area contributed by atoms with Gasteiger partial charge in [0, 0.05) is 30.2 Å². The summed E-state index contributed by atoms with van der Waals surface area (Å²) in [6, 6.07) is 0. The average molecular weight is 340 g/mol. The average Bonchev–Trinajstić information content (AvgIpc) is 2.73. The Morgan fingerprint density at radius 1 is 1.15 bits per heavy atom. The zero-order chi connectivity index (χ0) is 15.2. The minimum Gasteiger partial charge on any atom is -0.325 e. The molecule has 0 bridgehead atoms. The van der Waals surface area contributed by atoms with Crippen molar-refractivity contribution < 1.29 is 9.05 Å². The Kier molecular flexibility index (Phi) is 8.78. The van der Waals surface area contributed by atoms with Crippen LogP contribution >= 0.6 is 30.1 Å². The van der Waals surface area contributed by atoms with Gasteiger partial charge in [0.25, 0.3) is 8.53 Å². The third-order valence-corrected chi connectivity index (χ3v) is 8.83. The molecular weight excluding hydrogens is 309 g/mol. The van der Waals surface area contributed by atoms with E-state index in [1.165, 1.54) is 19.3 Å². The number of hydrogen-bond acceptors (Lipinski definition) is 5. The van der Waals surface area contributed by atoms with Crippen LogP contribution in [0.15, 0.2) is 0 Å². The number of nitrogens with zero attached hydrogens (tertiary/aromatic N) is 1. The van der Waals surface area contributed by atoms with E-state index in [1.54, 1.807) is 7.11 Å². The van der Waals surface area contributed by atoms with Crippen LogP contribution in [-0.4, -0.2) is 41.0 Å². The van der Waals surface area contributed by atoms with Gasteiger partial charge in [-0.1, -0.05) is 41.9 Å². The van der Waals surface area contributed by atoms with Gasteiger partial charge in [-0.25, -0.2) is 4.67 Å². The van der Waals surface area contributed by atoms with Crippen LogP contribution in [-0.2, 0) is 9.05 Å². The highest BCUT2D eigenvalue weighted by molar-refractivity contribution is 8.77. The van der Waals surface area contributed by atoms with Crippen LogP contribution in [0.4, 0.5) is 0 Å². The molecule has 2 fully saturated rings. The third kappa shape index (κ3) is 5.03. The Bertz CT molecular complexity index is 276. The lowest BCUT2D eigenvalue weighted by Gasteiger charge is -2.36. The fourth-order valence-corrected chi connectivity index (χ4v) is 7.41. The molecule has 0 N–H and O–H groups in total. The number of rotatable bonds is 4. The van der Waals surface area contributed by atoms with Gasteiger partial charge in [-0.05, 0) is 33.6 Å². The summed E-state index contributed by atoms with van der Waals surface area (Å²) in [6.45, 7) is 13.1. The molecule has 0 radical (unpaired) electrons. The normalized spacial score (nSPS) is 31.5. The summed E-state index contributed by atoms with van der Waals surface area (Å²) in [5.41, 5.74) is 0. The van der Waals surface area contributed by atoms with Gasteiger partial charge in [-0.3, -0.25) is 0 Å². The van der Waals surface area contributed by atoms with Gasteiger partial charge in [-0.2, -0.15) is 0 Å². The Labute approximate surface area is 134 Å². The van der Waals surface area contributed by atoms with Crippen molar-refractivity contribution in [3.05, 3.63) is 0 Å². The summed E-state index contributed by atoms with van der Waals surface area (Å²) in [7, 11) is 4.80. The van der Waals surface area contributed by atoms with Crippen LogP contribution in [0.2, 0.25) is 0 Å². The van der Waals surface area contributed by atoms with E-state index in [9.17, 15) is 0 Å². The van der Waals surface area contributed by atoms with E-state index in [-0.39, 0.29) is 10.9 Å². The SMILES string of the molecule is CC.COP(OC1C(C)SSC1(C)C)N1CCCCC1. The van der Waals surface area contributed by atoms with Crippen LogP contribution in [0.5, 0.6) is 0 Å². The van der Waals surface area contributed by atoms with Crippen molar-refractivity contribution in [2.24, 2.45) is 0 Å². The van der Waals surface area contributed by atoms with Crippen LogP contribution in [0.3, 0.4) is 0 Å². The van der Waals surface area contributed by atoms with Crippen molar-refractivity contribution in [1.82, 2.24) is 4.67 Å². The van der Waals surface area contributed by atoms with E-state index in [2.05, 4.69) is 25.4 Å². The van der Waals surface area contributed by atoms with Crippen LogP contribution < -0.4 is 0 Å². The standard InChI is InChI=1S/C12H24NO2PS2.C2H6/c1-10-11(12(2,3)18-17-10)15-16(14-4)13-8-6-5-7-9-13;1-2/h10-11H,5-9H2,1-4H3;1-2H3. The first-order valence-corrected chi connectivity index (χ1v) is 11.0. The second-order valence-electron chi connectivity index (χ2n) is 5.45. The predicted molar refractivity (Wildman–Crippen MR) is 94.3 cm³/mol. The minimum absolute atomic E-state index is 0.180. The summed E-state index contributed by atoms with van der Waals surface area (Å²) >= 11 is 0. The summed E-state index contributed by atoms with van der Waals surface area (Å²) in [4.78, 5) is 0. The molecule has 3 unspecified atom stereocenters. The molecule has 20 heavy (non-hydrogen) atoms. The largest absolute Gasteiger partial charge is 0.325 e. The Balaban J connectivity index is 0.000000956.